The number of carbonyl (C=O) groups is 1. The molecule has 2 N–H and O–H groups in total. The van der Waals surface area contributed by atoms with E-state index in [4.69, 9.17) is 10.5 Å². The number of nitrogens with zero attached hydrogens (tertiary/aromatic N) is 1. The summed E-state index contributed by atoms with van der Waals surface area (Å²) in [5.74, 6) is 1.07. The average molecular weight is 340 g/mol. The third-order valence-corrected chi connectivity index (χ3v) is 4.46. The summed E-state index contributed by atoms with van der Waals surface area (Å²) in [6.45, 7) is 5.42. The highest BCUT2D eigenvalue weighted by atomic mass is 16.5. The van der Waals surface area contributed by atoms with Crippen LogP contribution in [-0.4, -0.2) is 19.0 Å². The lowest BCUT2D eigenvalue weighted by atomic mass is 10.0. The zero-order valence-corrected chi connectivity index (χ0v) is 15.2. The van der Waals surface area contributed by atoms with Crippen LogP contribution in [0.1, 0.15) is 32.3 Å². The Morgan fingerprint density at radius 3 is 2.32 bits per heavy atom. The molecule has 0 unspecified atom stereocenters. The summed E-state index contributed by atoms with van der Waals surface area (Å²) in [4.78, 5) is 14.2. The molecule has 0 bridgehead atoms. The Morgan fingerprint density at radius 2 is 1.68 bits per heavy atom. The second kappa shape index (κ2) is 9.84. The molecule has 2 aromatic rings. The Labute approximate surface area is 150 Å². The molecule has 0 radical (unpaired) electrons. The Bertz CT molecular complexity index is 654. The van der Waals surface area contributed by atoms with Crippen LogP contribution in [0.25, 0.3) is 0 Å². The van der Waals surface area contributed by atoms with Crippen molar-refractivity contribution in [3.63, 3.8) is 0 Å². The summed E-state index contributed by atoms with van der Waals surface area (Å²) in [5, 5.41) is 0. The van der Waals surface area contributed by atoms with E-state index in [0.717, 1.165) is 24.1 Å². The van der Waals surface area contributed by atoms with Crippen LogP contribution >= 0.6 is 0 Å². The summed E-state index contributed by atoms with van der Waals surface area (Å²) < 4.78 is 6.01. The number of hydrogen-bond acceptors (Lipinski definition) is 3. The highest BCUT2D eigenvalue weighted by Crippen LogP contribution is 2.30. The van der Waals surface area contributed by atoms with Crippen molar-refractivity contribution in [2.45, 2.75) is 33.3 Å². The molecule has 0 aliphatic rings. The first-order chi connectivity index (χ1) is 12.2. The second-order valence-corrected chi connectivity index (χ2v) is 6.13. The predicted octanol–water partition coefficient (Wildman–Crippen LogP) is 3.99. The topological polar surface area (TPSA) is 55.6 Å². The molecule has 0 saturated carbocycles. The molecule has 0 saturated heterocycles. The van der Waals surface area contributed by atoms with Gasteiger partial charge in [-0.05, 0) is 23.6 Å². The number of hydrogen-bond donors (Lipinski definition) is 1. The van der Waals surface area contributed by atoms with Gasteiger partial charge in [0, 0.05) is 6.54 Å². The molecule has 0 aliphatic carbocycles. The molecule has 0 aromatic heterocycles. The van der Waals surface area contributed by atoms with E-state index >= 15 is 0 Å². The molecule has 2 rings (SSSR count). The molecule has 134 valence electrons. The molecule has 0 spiro atoms. The van der Waals surface area contributed by atoms with E-state index in [1.807, 2.05) is 54.6 Å². The summed E-state index contributed by atoms with van der Waals surface area (Å²) in [5.41, 5.74) is 7.54. The standard InChI is InChI=1S/C21H28N2O2/c1-3-17(4-2)15-23(21(24)14-22)19-12-8-9-13-20(19)25-16-18-10-6-5-7-11-18/h5-13,17H,3-4,14-16,22H2,1-2H3. The summed E-state index contributed by atoms with van der Waals surface area (Å²) in [7, 11) is 0. The van der Waals surface area contributed by atoms with Crippen molar-refractivity contribution in [2.75, 3.05) is 18.0 Å². The van der Waals surface area contributed by atoms with E-state index in [1.165, 1.54) is 0 Å². The fraction of sp³-hybridized carbons (Fsp3) is 0.381. The van der Waals surface area contributed by atoms with Crippen LogP contribution in [0, 0.1) is 5.92 Å². The minimum Gasteiger partial charge on any atom is -0.487 e. The molecule has 25 heavy (non-hydrogen) atoms. The summed E-state index contributed by atoms with van der Waals surface area (Å²) in [6.07, 6.45) is 2.05. The molecule has 0 atom stereocenters. The molecular weight excluding hydrogens is 312 g/mol. The quantitative estimate of drug-likeness (QED) is 0.751. The van der Waals surface area contributed by atoms with Gasteiger partial charge in [0.2, 0.25) is 5.91 Å². The highest BCUT2D eigenvalue weighted by molar-refractivity contribution is 5.96. The summed E-state index contributed by atoms with van der Waals surface area (Å²) >= 11 is 0. The van der Waals surface area contributed by atoms with Crippen LogP contribution in [0.4, 0.5) is 5.69 Å². The molecule has 4 heteroatoms. The van der Waals surface area contributed by atoms with E-state index in [-0.39, 0.29) is 12.5 Å². The maximum absolute atomic E-state index is 12.5. The fourth-order valence-electron chi connectivity index (χ4n) is 2.79. The number of rotatable bonds is 9. The molecule has 1 amide bonds. The van der Waals surface area contributed by atoms with E-state index in [2.05, 4.69) is 13.8 Å². The Kier molecular flexibility index (Phi) is 7.48. The smallest absolute Gasteiger partial charge is 0.240 e. The maximum Gasteiger partial charge on any atom is 0.240 e. The van der Waals surface area contributed by atoms with Crippen molar-refractivity contribution < 1.29 is 9.53 Å². The lowest BCUT2D eigenvalue weighted by molar-refractivity contribution is -0.117. The van der Waals surface area contributed by atoms with Crippen molar-refractivity contribution in [3.8, 4) is 5.75 Å². The first-order valence-corrected chi connectivity index (χ1v) is 8.95. The van der Waals surface area contributed by atoms with Gasteiger partial charge in [0.25, 0.3) is 0 Å². The van der Waals surface area contributed by atoms with Gasteiger partial charge in [0.15, 0.2) is 0 Å². The fourth-order valence-corrected chi connectivity index (χ4v) is 2.79. The third-order valence-electron chi connectivity index (χ3n) is 4.46. The Balaban J connectivity index is 2.23. The number of ether oxygens (including phenoxy) is 1. The van der Waals surface area contributed by atoms with Crippen molar-refractivity contribution in [1.82, 2.24) is 0 Å². The van der Waals surface area contributed by atoms with Crippen LogP contribution < -0.4 is 15.4 Å². The minimum absolute atomic E-state index is 0.00678. The van der Waals surface area contributed by atoms with Crippen molar-refractivity contribution in [2.24, 2.45) is 11.7 Å². The zero-order valence-electron chi connectivity index (χ0n) is 15.2. The number of nitrogens with two attached hydrogens (primary N) is 1. The van der Waals surface area contributed by atoms with Gasteiger partial charge in [0.05, 0.1) is 12.2 Å². The van der Waals surface area contributed by atoms with Gasteiger partial charge in [0.1, 0.15) is 12.4 Å². The van der Waals surface area contributed by atoms with Crippen LogP contribution in [0.15, 0.2) is 54.6 Å². The molecule has 2 aromatic carbocycles. The van der Waals surface area contributed by atoms with Gasteiger partial charge in [-0.2, -0.15) is 0 Å². The van der Waals surface area contributed by atoms with Crippen LogP contribution in [0.2, 0.25) is 0 Å². The maximum atomic E-state index is 12.5. The number of carbonyl (C=O) groups excluding carboxylic acids is 1. The number of amides is 1. The van der Waals surface area contributed by atoms with Gasteiger partial charge in [-0.3, -0.25) is 4.79 Å². The number of benzene rings is 2. The third kappa shape index (κ3) is 5.33. The van der Waals surface area contributed by atoms with Gasteiger partial charge in [-0.25, -0.2) is 0 Å². The van der Waals surface area contributed by atoms with E-state index in [1.54, 1.807) is 4.90 Å². The van der Waals surface area contributed by atoms with Gasteiger partial charge < -0.3 is 15.4 Å². The van der Waals surface area contributed by atoms with E-state index in [0.29, 0.717) is 24.8 Å². The van der Waals surface area contributed by atoms with E-state index in [9.17, 15) is 4.79 Å². The van der Waals surface area contributed by atoms with Crippen molar-refractivity contribution in [3.05, 3.63) is 60.2 Å². The Hall–Kier alpha value is -2.33. The lowest BCUT2D eigenvalue weighted by Crippen LogP contribution is -2.39. The average Bonchev–Trinajstić information content (AvgIpc) is 2.68. The summed E-state index contributed by atoms with van der Waals surface area (Å²) in [6, 6.07) is 17.7. The van der Waals surface area contributed by atoms with Crippen LogP contribution in [-0.2, 0) is 11.4 Å². The highest BCUT2D eigenvalue weighted by Gasteiger charge is 2.21. The normalized spacial score (nSPS) is 10.7. The first kappa shape index (κ1) is 19.0. The molecule has 0 heterocycles. The van der Waals surface area contributed by atoms with Crippen LogP contribution in [0.3, 0.4) is 0 Å². The van der Waals surface area contributed by atoms with Crippen molar-refractivity contribution in [1.29, 1.82) is 0 Å². The zero-order chi connectivity index (χ0) is 18.1. The number of para-hydroxylation sites is 2. The number of anilines is 1. The van der Waals surface area contributed by atoms with Gasteiger partial charge in [-0.1, -0.05) is 69.2 Å². The minimum atomic E-state index is -0.0809. The molecular formula is C21H28N2O2. The lowest BCUT2D eigenvalue weighted by Gasteiger charge is -2.28. The second-order valence-electron chi connectivity index (χ2n) is 6.13. The molecule has 0 aliphatic heterocycles. The van der Waals surface area contributed by atoms with Gasteiger partial charge >= 0.3 is 0 Å². The predicted molar refractivity (Wildman–Crippen MR) is 103 cm³/mol. The SMILES string of the molecule is CCC(CC)CN(C(=O)CN)c1ccccc1OCc1ccccc1. The monoisotopic (exact) mass is 340 g/mol. The Morgan fingerprint density at radius 1 is 1.04 bits per heavy atom. The van der Waals surface area contributed by atoms with Crippen LogP contribution in [0.5, 0.6) is 5.75 Å². The largest absolute Gasteiger partial charge is 0.487 e. The molecule has 4 nitrogen and oxygen atoms in total. The van der Waals surface area contributed by atoms with E-state index < -0.39 is 0 Å². The first-order valence-electron chi connectivity index (χ1n) is 8.95. The van der Waals surface area contributed by atoms with Gasteiger partial charge in [-0.15, -0.1) is 0 Å². The van der Waals surface area contributed by atoms with Crippen molar-refractivity contribution >= 4 is 11.6 Å². The molecule has 0 fully saturated rings.